The molecule has 1 N–H and O–H groups in total. The van der Waals surface area contributed by atoms with Crippen LogP contribution in [0.15, 0.2) is 41.2 Å². The minimum Gasteiger partial charge on any atom is -0.310 e. The molecule has 2 aromatic heterocycles. The molecule has 0 bridgehead atoms. The Morgan fingerprint density at radius 2 is 1.62 bits per heavy atom. The first-order valence-electron chi connectivity index (χ1n) is 13.7. The third-order valence-corrected chi connectivity index (χ3v) is 9.74. The first kappa shape index (κ1) is 32.8. The van der Waals surface area contributed by atoms with Gasteiger partial charge in [0, 0.05) is 11.4 Å². The van der Waals surface area contributed by atoms with Crippen LogP contribution in [0.3, 0.4) is 0 Å². The van der Waals surface area contributed by atoms with Crippen LogP contribution in [0.25, 0.3) is 16.7 Å². The van der Waals surface area contributed by atoms with Gasteiger partial charge in [0.2, 0.25) is 0 Å². The maximum absolute atomic E-state index is 13.3. The van der Waals surface area contributed by atoms with Crippen molar-refractivity contribution in [1.82, 2.24) is 24.6 Å². The number of benzene rings is 2. The summed E-state index contributed by atoms with van der Waals surface area (Å²) in [5.74, 6) is 0.571. The van der Waals surface area contributed by atoms with Crippen LogP contribution in [0.4, 0.5) is 0 Å². The van der Waals surface area contributed by atoms with E-state index >= 15 is 0 Å². The summed E-state index contributed by atoms with van der Waals surface area (Å²) in [7, 11) is -3.20. The van der Waals surface area contributed by atoms with Crippen molar-refractivity contribution in [2.75, 3.05) is 25.4 Å². The molecule has 0 spiro atoms. The molecular formula is C29H33Cl4N5O3S. The van der Waals surface area contributed by atoms with Crippen LogP contribution in [-0.4, -0.2) is 58.5 Å². The number of likely N-dealkylation sites (tertiary alicyclic amines) is 1. The van der Waals surface area contributed by atoms with Crippen LogP contribution in [-0.2, 0) is 22.0 Å². The van der Waals surface area contributed by atoms with Crippen molar-refractivity contribution in [2.45, 2.75) is 51.2 Å². The highest BCUT2D eigenvalue weighted by atomic mass is 35.5. The van der Waals surface area contributed by atoms with Gasteiger partial charge in [-0.25, -0.2) is 18.1 Å². The number of rotatable bonds is 10. The molecule has 8 nitrogen and oxygen atoms in total. The maximum Gasteiger partial charge on any atom is 0.262 e. The zero-order valence-electron chi connectivity index (χ0n) is 23.4. The minimum absolute atomic E-state index is 0. The highest BCUT2D eigenvalue weighted by molar-refractivity contribution is 7.90. The van der Waals surface area contributed by atoms with Crippen LogP contribution in [0.5, 0.6) is 0 Å². The second-order valence-corrected chi connectivity index (χ2v) is 14.3. The lowest BCUT2D eigenvalue weighted by molar-refractivity contribution is 0.340. The first-order chi connectivity index (χ1) is 19.5. The number of hydrogen-bond donors (Lipinski definition) is 1. The van der Waals surface area contributed by atoms with E-state index in [0.29, 0.717) is 46.1 Å². The largest absolute Gasteiger partial charge is 0.310 e. The fourth-order valence-corrected chi connectivity index (χ4v) is 7.65. The van der Waals surface area contributed by atoms with Crippen molar-refractivity contribution in [3.05, 3.63) is 84.5 Å². The van der Waals surface area contributed by atoms with Crippen LogP contribution in [0.2, 0.25) is 15.1 Å². The Labute approximate surface area is 266 Å². The highest BCUT2D eigenvalue weighted by Crippen LogP contribution is 2.34. The second kappa shape index (κ2) is 13.7. The monoisotopic (exact) mass is 671 g/mol. The normalized spacial score (nSPS) is 14.1. The molecule has 1 aliphatic heterocycles. The Morgan fingerprint density at radius 3 is 2.24 bits per heavy atom. The van der Waals surface area contributed by atoms with Crippen molar-refractivity contribution in [3.8, 4) is 5.69 Å². The summed E-state index contributed by atoms with van der Waals surface area (Å²) >= 11 is 19.1. The van der Waals surface area contributed by atoms with Crippen molar-refractivity contribution in [1.29, 1.82) is 0 Å². The van der Waals surface area contributed by atoms with E-state index in [0.717, 1.165) is 30.8 Å². The van der Waals surface area contributed by atoms with Crippen LogP contribution in [0.1, 0.15) is 61.7 Å². The number of hydrogen-bond acceptors (Lipinski definition) is 6. The SMILES string of the molecule is CC(C)c1nn(-c2c(Cl)cc(Cl)cc2Cl)c2nc(Cc3ccc(CS(=O)(=O)CCCN4CCCC4)cc3)[nH]c(=O)c12.Cl. The predicted octanol–water partition coefficient (Wildman–Crippen LogP) is 6.61. The fourth-order valence-electron chi connectivity index (χ4n) is 5.26. The van der Waals surface area contributed by atoms with Gasteiger partial charge in [-0.15, -0.1) is 12.4 Å². The molecule has 0 radical (unpaired) electrons. The molecule has 226 valence electrons. The molecular weight excluding hydrogens is 640 g/mol. The summed E-state index contributed by atoms with van der Waals surface area (Å²) in [5, 5.41) is 6.00. The third-order valence-electron chi connectivity index (χ3n) is 7.26. The summed E-state index contributed by atoms with van der Waals surface area (Å²) < 4.78 is 26.9. The Kier molecular flexibility index (Phi) is 10.7. The number of nitrogens with one attached hydrogen (secondary N) is 1. The molecule has 1 saturated heterocycles. The molecule has 0 atom stereocenters. The summed E-state index contributed by atoms with van der Waals surface area (Å²) in [6, 6.07) is 10.5. The zero-order chi connectivity index (χ0) is 29.3. The lowest BCUT2D eigenvalue weighted by Crippen LogP contribution is -2.23. The van der Waals surface area contributed by atoms with Crippen molar-refractivity contribution in [3.63, 3.8) is 0 Å². The molecule has 1 fully saturated rings. The number of aromatic nitrogens is 4. The molecule has 0 saturated carbocycles. The fraction of sp³-hybridized carbons (Fsp3) is 0.414. The van der Waals surface area contributed by atoms with Crippen molar-refractivity contribution < 1.29 is 8.42 Å². The molecule has 1 aliphatic rings. The Hall–Kier alpha value is -2.14. The predicted molar refractivity (Wildman–Crippen MR) is 173 cm³/mol. The summed E-state index contributed by atoms with van der Waals surface area (Å²) in [4.78, 5) is 23.2. The second-order valence-electron chi connectivity index (χ2n) is 10.9. The summed E-state index contributed by atoms with van der Waals surface area (Å²) in [5.41, 5.74) is 2.62. The molecule has 5 rings (SSSR count). The van der Waals surface area contributed by atoms with Gasteiger partial charge in [0.1, 0.15) is 16.9 Å². The van der Waals surface area contributed by atoms with Gasteiger partial charge in [-0.1, -0.05) is 72.9 Å². The van der Waals surface area contributed by atoms with Crippen LogP contribution >= 0.6 is 47.2 Å². The van der Waals surface area contributed by atoms with E-state index in [-0.39, 0.29) is 45.4 Å². The van der Waals surface area contributed by atoms with Crippen LogP contribution < -0.4 is 5.56 Å². The summed E-state index contributed by atoms with van der Waals surface area (Å²) in [6.07, 6.45) is 3.38. The average molecular weight is 673 g/mol. The van der Waals surface area contributed by atoms with Crippen molar-refractivity contribution in [2.24, 2.45) is 0 Å². The number of H-pyrrole nitrogens is 1. The average Bonchev–Trinajstić information content (AvgIpc) is 3.53. The molecule has 0 unspecified atom stereocenters. The van der Waals surface area contributed by atoms with Gasteiger partial charge in [0.15, 0.2) is 15.5 Å². The lowest BCUT2D eigenvalue weighted by atomic mass is 10.1. The standard InChI is InChI=1S/C29H32Cl3N5O3S.ClH/c1-18(2)26-25-28(37(35-26)27-22(31)15-21(30)16-23(27)32)33-24(34-29(25)38)14-19-6-8-20(9-7-19)17-41(39,40)13-5-12-36-10-3-4-11-36;/h6-9,15-16,18H,3-5,10-14,17H2,1-2H3,(H,33,34,38);1H. The number of nitrogens with zero attached hydrogens (tertiary/aromatic N) is 4. The van der Waals surface area contributed by atoms with E-state index in [9.17, 15) is 13.2 Å². The third kappa shape index (κ3) is 7.49. The Bertz CT molecular complexity index is 1710. The van der Waals surface area contributed by atoms with Crippen molar-refractivity contribution >= 4 is 68.1 Å². The summed E-state index contributed by atoms with van der Waals surface area (Å²) in [6.45, 7) is 6.86. The number of aromatic amines is 1. The van der Waals surface area contributed by atoms with Gasteiger partial charge >= 0.3 is 0 Å². The van der Waals surface area contributed by atoms with Gasteiger partial charge < -0.3 is 9.88 Å². The van der Waals surface area contributed by atoms with Gasteiger partial charge in [-0.2, -0.15) is 5.10 Å². The van der Waals surface area contributed by atoms with Gasteiger partial charge in [-0.05, 0) is 68.1 Å². The van der Waals surface area contributed by atoms with E-state index in [2.05, 4.69) is 15.0 Å². The topological polar surface area (TPSA) is 101 Å². The zero-order valence-corrected chi connectivity index (χ0v) is 27.3. The van der Waals surface area contributed by atoms with E-state index in [1.165, 1.54) is 17.5 Å². The van der Waals surface area contributed by atoms with Crippen LogP contribution in [0, 0.1) is 0 Å². The van der Waals surface area contributed by atoms with Gasteiger partial charge in [-0.3, -0.25) is 4.79 Å². The lowest BCUT2D eigenvalue weighted by Gasteiger charge is -2.14. The molecule has 42 heavy (non-hydrogen) atoms. The molecule has 13 heteroatoms. The Morgan fingerprint density at radius 1 is 1.00 bits per heavy atom. The van der Waals surface area contributed by atoms with E-state index in [1.54, 1.807) is 12.1 Å². The smallest absolute Gasteiger partial charge is 0.262 e. The number of halogens is 4. The van der Waals surface area contributed by atoms with Gasteiger partial charge in [0.05, 0.1) is 27.2 Å². The maximum atomic E-state index is 13.3. The molecule has 4 aromatic rings. The van der Waals surface area contributed by atoms with E-state index in [4.69, 9.17) is 39.8 Å². The molecule has 0 aliphatic carbocycles. The molecule has 2 aromatic carbocycles. The Balaban J connectivity index is 0.00000405. The first-order valence-corrected chi connectivity index (χ1v) is 16.6. The number of fused-ring (bicyclic) bond motifs is 1. The van der Waals surface area contributed by atoms with E-state index in [1.807, 2.05) is 38.1 Å². The minimum atomic E-state index is -3.20. The quantitative estimate of drug-likeness (QED) is 0.204. The van der Waals surface area contributed by atoms with Gasteiger partial charge in [0.25, 0.3) is 5.56 Å². The molecule has 3 heterocycles. The van der Waals surface area contributed by atoms with E-state index < -0.39 is 9.84 Å². The highest BCUT2D eigenvalue weighted by Gasteiger charge is 2.23. The molecule has 0 amide bonds. The number of sulfone groups is 1.